The summed E-state index contributed by atoms with van der Waals surface area (Å²) in [5, 5.41) is 10.6. The molecular formula is C17H20FN3O3. The Bertz CT molecular complexity index is 740. The van der Waals surface area contributed by atoms with E-state index in [-0.39, 0.29) is 18.5 Å². The van der Waals surface area contributed by atoms with E-state index in [1.165, 1.54) is 12.1 Å². The highest BCUT2D eigenvalue weighted by Crippen LogP contribution is 2.26. The third-order valence-electron chi connectivity index (χ3n) is 4.07. The second kappa shape index (κ2) is 7.11. The summed E-state index contributed by atoms with van der Waals surface area (Å²) in [4.78, 5) is 19.0. The van der Waals surface area contributed by atoms with Crippen LogP contribution in [0.2, 0.25) is 0 Å². The van der Waals surface area contributed by atoms with E-state index in [2.05, 4.69) is 9.88 Å². The van der Waals surface area contributed by atoms with Crippen molar-refractivity contribution in [2.45, 2.75) is 6.10 Å². The fourth-order valence-corrected chi connectivity index (χ4v) is 3.04. The number of benzene rings is 1. The van der Waals surface area contributed by atoms with Crippen LogP contribution in [0.1, 0.15) is 0 Å². The van der Waals surface area contributed by atoms with Gasteiger partial charge in [-0.2, -0.15) is 0 Å². The van der Waals surface area contributed by atoms with Gasteiger partial charge in [0.05, 0.1) is 19.3 Å². The maximum Gasteiger partial charge on any atom is 0.317 e. The molecule has 1 aliphatic heterocycles. The van der Waals surface area contributed by atoms with Crippen LogP contribution in [-0.2, 0) is 9.53 Å². The predicted octanol–water partition coefficient (Wildman–Crippen LogP) is 1.60. The summed E-state index contributed by atoms with van der Waals surface area (Å²) in [5.74, 6) is -0.416. The fraction of sp³-hybridized carbons (Fsp3) is 0.412. The minimum atomic E-state index is -0.864. The SMILES string of the molecule is CN(CC(=O)O)CC1CN(c2nccc3ccc(F)cc23)CCO1. The molecule has 0 aliphatic carbocycles. The first-order valence-corrected chi connectivity index (χ1v) is 7.84. The van der Waals surface area contributed by atoms with Gasteiger partial charge in [0.1, 0.15) is 11.6 Å². The number of ether oxygens (including phenoxy) is 1. The molecule has 2 aromatic rings. The van der Waals surface area contributed by atoms with Crippen molar-refractivity contribution >= 4 is 22.6 Å². The summed E-state index contributed by atoms with van der Waals surface area (Å²) >= 11 is 0. The molecule has 1 atom stereocenters. The normalized spacial score (nSPS) is 18.3. The molecule has 1 saturated heterocycles. The van der Waals surface area contributed by atoms with E-state index in [4.69, 9.17) is 9.84 Å². The first-order valence-electron chi connectivity index (χ1n) is 7.84. The van der Waals surface area contributed by atoms with Crippen LogP contribution in [0, 0.1) is 5.82 Å². The molecule has 2 heterocycles. The second-order valence-electron chi connectivity index (χ2n) is 6.03. The molecule has 1 N–H and O–H groups in total. The molecule has 6 nitrogen and oxygen atoms in total. The highest BCUT2D eigenvalue weighted by molar-refractivity contribution is 5.92. The summed E-state index contributed by atoms with van der Waals surface area (Å²) in [6.45, 7) is 2.27. The van der Waals surface area contributed by atoms with E-state index in [0.717, 1.165) is 16.6 Å². The van der Waals surface area contributed by atoms with Crippen LogP contribution < -0.4 is 4.90 Å². The molecule has 0 radical (unpaired) electrons. The van der Waals surface area contributed by atoms with Gasteiger partial charge in [-0.3, -0.25) is 9.69 Å². The molecule has 0 amide bonds. The number of pyridine rings is 1. The number of carbonyl (C=O) groups is 1. The molecule has 1 aromatic carbocycles. The zero-order valence-corrected chi connectivity index (χ0v) is 13.5. The molecule has 1 fully saturated rings. The predicted molar refractivity (Wildman–Crippen MR) is 88.8 cm³/mol. The maximum absolute atomic E-state index is 13.6. The average molecular weight is 333 g/mol. The standard InChI is InChI=1S/C17H20FN3O3/c1-20(11-16(22)23)9-14-10-21(6-7-24-14)17-15-8-13(18)3-2-12(15)4-5-19-17/h2-5,8,14H,6-7,9-11H2,1H3,(H,22,23). The van der Waals surface area contributed by atoms with Gasteiger partial charge in [-0.15, -0.1) is 0 Å². The Labute approximate surface area is 139 Å². The van der Waals surface area contributed by atoms with E-state index >= 15 is 0 Å². The van der Waals surface area contributed by atoms with Crippen molar-refractivity contribution in [1.82, 2.24) is 9.88 Å². The van der Waals surface area contributed by atoms with Crippen LogP contribution in [0.5, 0.6) is 0 Å². The number of morpholine rings is 1. The number of fused-ring (bicyclic) bond motifs is 1. The van der Waals surface area contributed by atoms with Crippen molar-refractivity contribution in [1.29, 1.82) is 0 Å². The molecule has 7 heteroatoms. The average Bonchev–Trinajstić information content (AvgIpc) is 2.53. The van der Waals surface area contributed by atoms with Crippen LogP contribution in [-0.4, -0.2) is 66.9 Å². The molecule has 0 bridgehead atoms. The fourth-order valence-electron chi connectivity index (χ4n) is 3.04. The van der Waals surface area contributed by atoms with Gasteiger partial charge >= 0.3 is 5.97 Å². The highest BCUT2D eigenvalue weighted by Gasteiger charge is 2.24. The number of nitrogens with zero attached hydrogens (tertiary/aromatic N) is 3. The molecule has 0 spiro atoms. The second-order valence-corrected chi connectivity index (χ2v) is 6.03. The zero-order chi connectivity index (χ0) is 17.1. The smallest absolute Gasteiger partial charge is 0.317 e. The lowest BCUT2D eigenvalue weighted by atomic mass is 10.1. The van der Waals surface area contributed by atoms with Gasteiger partial charge in [0.25, 0.3) is 0 Å². The quantitative estimate of drug-likeness (QED) is 0.896. The van der Waals surface area contributed by atoms with Crippen molar-refractivity contribution in [2.75, 3.05) is 44.7 Å². The van der Waals surface area contributed by atoms with Crippen LogP contribution >= 0.6 is 0 Å². The monoisotopic (exact) mass is 333 g/mol. The Hall–Kier alpha value is -2.25. The Morgan fingerprint density at radius 2 is 2.33 bits per heavy atom. The van der Waals surface area contributed by atoms with Crippen LogP contribution in [0.3, 0.4) is 0 Å². The van der Waals surface area contributed by atoms with E-state index in [0.29, 0.717) is 26.2 Å². The minimum absolute atomic E-state index is 0.0302. The maximum atomic E-state index is 13.6. The van der Waals surface area contributed by atoms with Crippen LogP contribution in [0.15, 0.2) is 30.5 Å². The number of carboxylic acid groups (broad SMARTS) is 1. The Morgan fingerprint density at radius 3 is 3.12 bits per heavy atom. The van der Waals surface area contributed by atoms with E-state index in [1.54, 1.807) is 24.2 Å². The summed E-state index contributed by atoms with van der Waals surface area (Å²) in [6.07, 6.45) is 1.60. The van der Waals surface area contributed by atoms with Crippen molar-refractivity contribution < 1.29 is 19.0 Å². The van der Waals surface area contributed by atoms with Crippen LogP contribution in [0.25, 0.3) is 10.8 Å². The number of anilines is 1. The number of carboxylic acids is 1. The van der Waals surface area contributed by atoms with Gasteiger partial charge in [-0.1, -0.05) is 6.07 Å². The third kappa shape index (κ3) is 3.80. The molecule has 1 unspecified atom stereocenters. The van der Waals surface area contributed by atoms with Crippen molar-refractivity contribution in [2.24, 2.45) is 0 Å². The number of hydrogen-bond acceptors (Lipinski definition) is 5. The molecule has 128 valence electrons. The van der Waals surface area contributed by atoms with Gasteiger partial charge in [-0.05, 0) is 30.6 Å². The first kappa shape index (κ1) is 16.6. The van der Waals surface area contributed by atoms with Gasteiger partial charge < -0.3 is 14.7 Å². The van der Waals surface area contributed by atoms with Gasteiger partial charge in [0.15, 0.2) is 0 Å². The Morgan fingerprint density at radius 1 is 1.50 bits per heavy atom. The summed E-state index contributed by atoms with van der Waals surface area (Å²) < 4.78 is 19.4. The number of aromatic nitrogens is 1. The Balaban J connectivity index is 1.77. The summed E-state index contributed by atoms with van der Waals surface area (Å²) in [7, 11) is 1.75. The number of hydrogen-bond donors (Lipinski definition) is 1. The van der Waals surface area contributed by atoms with Gasteiger partial charge in [0.2, 0.25) is 0 Å². The lowest BCUT2D eigenvalue weighted by Gasteiger charge is -2.35. The lowest BCUT2D eigenvalue weighted by molar-refractivity contribution is -0.138. The van der Waals surface area contributed by atoms with E-state index < -0.39 is 5.97 Å². The number of rotatable bonds is 5. The van der Waals surface area contributed by atoms with Gasteiger partial charge in [-0.25, -0.2) is 9.37 Å². The third-order valence-corrected chi connectivity index (χ3v) is 4.07. The lowest BCUT2D eigenvalue weighted by Crippen LogP contribution is -2.48. The molecule has 3 rings (SSSR count). The number of likely N-dealkylation sites (N-methyl/N-ethyl adjacent to an activating group) is 1. The van der Waals surface area contributed by atoms with Crippen molar-refractivity contribution in [3.05, 3.63) is 36.3 Å². The number of aliphatic carboxylic acids is 1. The first-order chi connectivity index (χ1) is 11.5. The van der Waals surface area contributed by atoms with E-state index in [9.17, 15) is 9.18 Å². The van der Waals surface area contributed by atoms with E-state index in [1.807, 2.05) is 6.07 Å². The molecular weight excluding hydrogens is 313 g/mol. The van der Waals surface area contributed by atoms with Crippen LogP contribution in [0.4, 0.5) is 10.2 Å². The van der Waals surface area contributed by atoms with Crippen molar-refractivity contribution in [3.8, 4) is 0 Å². The zero-order valence-electron chi connectivity index (χ0n) is 13.5. The molecule has 24 heavy (non-hydrogen) atoms. The summed E-state index contributed by atoms with van der Waals surface area (Å²) in [5.41, 5.74) is 0. The van der Waals surface area contributed by atoms with Gasteiger partial charge in [0, 0.05) is 31.2 Å². The molecule has 0 saturated carbocycles. The number of halogens is 1. The molecule has 1 aromatic heterocycles. The molecule has 1 aliphatic rings. The van der Waals surface area contributed by atoms with Crippen molar-refractivity contribution in [3.63, 3.8) is 0 Å². The topological polar surface area (TPSA) is 65.9 Å². The Kier molecular flexibility index (Phi) is 4.92. The highest BCUT2D eigenvalue weighted by atomic mass is 19.1. The summed E-state index contributed by atoms with van der Waals surface area (Å²) in [6, 6.07) is 6.54. The minimum Gasteiger partial charge on any atom is -0.480 e. The largest absolute Gasteiger partial charge is 0.480 e.